The second kappa shape index (κ2) is 10.5. The minimum absolute atomic E-state index is 0. The van der Waals surface area contributed by atoms with E-state index in [9.17, 15) is 0 Å². The van der Waals surface area contributed by atoms with Crippen molar-refractivity contribution in [3.05, 3.63) is 17.5 Å². The zero-order valence-electron chi connectivity index (χ0n) is 14.9. The van der Waals surface area contributed by atoms with Crippen molar-refractivity contribution in [2.45, 2.75) is 43.9 Å². The molecule has 0 unspecified atom stereocenters. The molecular weight excluding hydrogens is 439 g/mol. The summed E-state index contributed by atoms with van der Waals surface area (Å²) in [6, 6.07) is 1.99. The van der Waals surface area contributed by atoms with Gasteiger partial charge in [0, 0.05) is 37.6 Å². The molecule has 6 nitrogen and oxygen atoms in total. The van der Waals surface area contributed by atoms with E-state index >= 15 is 0 Å². The molecular formula is C16H29IN4O2S. The fourth-order valence-corrected chi connectivity index (χ4v) is 3.31. The summed E-state index contributed by atoms with van der Waals surface area (Å²) in [6.45, 7) is 7.34. The first-order chi connectivity index (χ1) is 11.1. The van der Waals surface area contributed by atoms with Crippen LogP contribution in [-0.4, -0.2) is 48.9 Å². The summed E-state index contributed by atoms with van der Waals surface area (Å²) in [5, 5.41) is 10.8. The number of guanidine groups is 1. The Kier molecular flexibility index (Phi) is 9.43. The lowest BCUT2D eigenvalue weighted by Gasteiger charge is -2.36. The van der Waals surface area contributed by atoms with Gasteiger partial charge < -0.3 is 19.9 Å². The number of nitrogens with one attached hydrogen (secondary N) is 2. The second-order valence-corrected chi connectivity index (χ2v) is 7.43. The molecule has 0 saturated carbocycles. The second-order valence-electron chi connectivity index (χ2n) is 6.15. The third kappa shape index (κ3) is 6.11. The predicted octanol–water partition coefficient (Wildman–Crippen LogP) is 2.99. The Morgan fingerprint density at radius 2 is 2.08 bits per heavy atom. The van der Waals surface area contributed by atoms with Crippen molar-refractivity contribution in [3.63, 3.8) is 0 Å². The van der Waals surface area contributed by atoms with Crippen LogP contribution in [0.15, 0.2) is 15.6 Å². The zero-order chi connectivity index (χ0) is 16.7. The number of nitrogens with zero attached hydrogens (tertiary/aromatic N) is 2. The Labute approximate surface area is 166 Å². The first kappa shape index (κ1) is 21.6. The van der Waals surface area contributed by atoms with Crippen LogP contribution in [0.2, 0.25) is 0 Å². The molecule has 1 aromatic heterocycles. The van der Waals surface area contributed by atoms with Gasteiger partial charge in [0.15, 0.2) is 11.7 Å². The van der Waals surface area contributed by atoms with E-state index < -0.39 is 0 Å². The smallest absolute Gasteiger partial charge is 0.191 e. The molecule has 1 aromatic rings. The van der Waals surface area contributed by atoms with Gasteiger partial charge in [0.05, 0.1) is 12.2 Å². The number of aromatic nitrogens is 1. The van der Waals surface area contributed by atoms with E-state index in [1.807, 2.05) is 17.8 Å². The standard InChI is InChI=1S/C16H28N4O2S.HI/c1-12(2)14-9-13(22-20-14)10-18-15(17-3)19-11-16(23-4)5-7-21-8-6-16;/h9,12H,5-8,10-11H2,1-4H3,(H2,17,18,19);1H. The summed E-state index contributed by atoms with van der Waals surface area (Å²) in [6.07, 6.45) is 4.31. The van der Waals surface area contributed by atoms with E-state index in [2.05, 4.69) is 40.9 Å². The molecule has 0 atom stereocenters. The summed E-state index contributed by atoms with van der Waals surface area (Å²) in [4.78, 5) is 4.29. The lowest BCUT2D eigenvalue weighted by molar-refractivity contribution is 0.0783. The lowest BCUT2D eigenvalue weighted by Crippen LogP contribution is -2.47. The van der Waals surface area contributed by atoms with Gasteiger partial charge in [-0.15, -0.1) is 24.0 Å². The Balaban J connectivity index is 0.00000288. The Bertz CT molecular complexity index is 516. The maximum atomic E-state index is 5.48. The Hall–Kier alpha value is -0.480. The highest BCUT2D eigenvalue weighted by atomic mass is 127. The van der Waals surface area contributed by atoms with Gasteiger partial charge in [-0.2, -0.15) is 11.8 Å². The Morgan fingerprint density at radius 3 is 2.62 bits per heavy atom. The monoisotopic (exact) mass is 468 g/mol. The van der Waals surface area contributed by atoms with Gasteiger partial charge in [-0.05, 0) is 25.0 Å². The van der Waals surface area contributed by atoms with Crippen LogP contribution in [0.25, 0.3) is 0 Å². The molecule has 0 aliphatic carbocycles. The van der Waals surface area contributed by atoms with Gasteiger partial charge in [-0.3, -0.25) is 4.99 Å². The van der Waals surface area contributed by atoms with Gasteiger partial charge in [0.1, 0.15) is 0 Å². The van der Waals surface area contributed by atoms with Crippen molar-refractivity contribution in [2.24, 2.45) is 4.99 Å². The zero-order valence-corrected chi connectivity index (χ0v) is 18.1. The first-order valence-corrected chi connectivity index (χ1v) is 9.34. The van der Waals surface area contributed by atoms with Gasteiger partial charge >= 0.3 is 0 Å². The molecule has 0 aromatic carbocycles. The van der Waals surface area contributed by atoms with Gasteiger partial charge in [0.2, 0.25) is 0 Å². The molecule has 1 fully saturated rings. The lowest BCUT2D eigenvalue weighted by atomic mass is 9.99. The largest absolute Gasteiger partial charge is 0.381 e. The summed E-state index contributed by atoms with van der Waals surface area (Å²) in [5.74, 6) is 1.98. The van der Waals surface area contributed by atoms with Crippen LogP contribution in [0.1, 0.15) is 44.1 Å². The minimum Gasteiger partial charge on any atom is -0.381 e. The van der Waals surface area contributed by atoms with Crippen LogP contribution in [0.4, 0.5) is 0 Å². The molecule has 0 radical (unpaired) electrons. The van der Waals surface area contributed by atoms with Crippen LogP contribution in [-0.2, 0) is 11.3 Å². The van der Waals surface area contributed by atoms with E-state index in [0.29, 0.717) is 12.5 Å². The van der Waals surface area contributed by atoms with Crippen molar-refractivity contribution in [1.29, 1.82) is 0 Å². The average molecular weight is 468 g/mol. The number of hydrogen-bond donors (Lipinski definition) is 2. The molecule has 0 amide bonds. The molecule has 2 rings (SSSR count). The Morgan fingerprint density at radius 1 is 1.38 bits per heavy atom. The van der Waals surface area contributed by atoms with E-state index in [0.717, 1.165) is 50.0 Å². The van der Waals surface area contributed by atoms with Gasteiger partial charge in [-0.1, -0.05) is 19.0 Å². The van der Waals surface area contributed by atoms with E-state index in [-0.39, 0.29) is 28.7 Å². The summed E-state index contributed by atoms with van der Waals surface area (Å²) >= 11 is 1.91. The fourth-order valence-electron chi connectivity index (χ4n) is 2.52. The maximum absolute atomic E-state index is 5.48. The minimum atomic E-state index is 0. The van der Waals surface area contributed by atoms with Crippen LogP contribution in [0, 0.1) is 0 Å². The van der Waals surface area contributed by atoms with Crippen molar-refractivity contribution in [3.8, 4) is 0 Å². The fraction of sp³-hybridized carbons (Fsp3) is 0.750. The van der Waals surface area contributed by atoms with Crippen LogP contribution >= 0.6 is 35.7 Å². The van der Waals surface area contributed by atoms with Gasteiger partial charge in [0.25, 0.3) is 0 Å². The maximum Gasteiger partial charge on any atom is 0.191 e. The molecule has 8 heteroatoms. The first-order valence-electron chi connectivity index (χ1n) is 8.11. The van der Waals surface area contributed by atoms with Gasteiger partial charge in [-0.25, -0.2) is 0 Å². The molecule has 24 heavy (non-hydrogen) atoms. The summed E-state index contributed by atoms with van der Waals surface area (Å²) < 4.78 is 11.0. The van der Waals surface area contributed by atoms with E-state index in [1.54, 1.807) is 7.05 Å². The molecule has 0 bridgehead atoms. The number of hydrogen-bond acceptors (Lipinski definition) is 5. The predicted molar refractivity (Wildman–Crippen MR) is 111 cm³/mol. The topological polar surface area (TPSA) is 71.7 Å². The summed E-state index contributed by atoms with van der Waals surface area (Å²) in [5.41, 5.74) is 0.980. The highest BCUT2D eigenvalue weighted by molar-refractivity contribution is 14.0. The number of thioether (sulfide) groups is 1. The quantitative estimate of drug-likeness (QED) is 0.380. The normalized spacial score (nSPS) is 17.5. The van der Waals surface area contributed by atoms with Crippen molar-refractivity contribution < 1.29 is 9.26 Å². The molecule has 2 N–H and O–H groups in total. The molecule has 1 aliphatic heterocycles. The van der Waals surface area contributed by atoms with E-state index in [4.69, 9.17) is 9.26 Å². The average Bonchev–Trinajstić information content (AvgIpc) is 3.05. The molecule has 1 saturated heterocycles. The third-order valence-corrected chi connectivity index (χ3v) is 5.66. The molecule has 138 valence electrons. The van der Waals surface area contributed by atoms with Crippen molar-refractivity contribution >= 4 is 41.7 Å². The number of ether oxygens (including phenoxy) is 1. The van der Waals surface area contributed by atoms with Crippen molar-refractivity contribution in [2.75, 3.05) is 33.1 Å². The molecule has 0 spiro atoms. The third-order valence-electron chi connectivity index (χ3n) is 4.24. The SMILES string of the molecule is CN=C(NCc1cc(C(C)C)no1)NCC1(SC)CCOCC1.I. The van der Waals surface area contributed by atoms with Crippen LogP contribution < -0.4 is 10.6 Å². The number of aliphatic imine (C=N–C) groups is 1. The van der Waals surface area contributed by atoms with Crippen LogP contribution in [0.3, 0.4) is 0 Å². The van der Waals surface area contributed by atoms with Crippen molar-refractivity contribution in [1.82, 2.24) is 15.8 Å². The van der Waals surface area contributed by atoms with E-state index in [1.165, 1.54) is 0 Å². The van der Waals surface area contributed by atoms with Crippen LogP contribution in [0.5, 0.6) is 0 Å². The molecule has 1 aliphatic rings. The highest BCUT2D eigenvalue weighted by Gasteiger charge is 2.31. The number of rotatable bonds is 6. The summed E-state index contributed by atoms with van der Waals surface area (Å²) in [7, 11) is 1.78. The highest BCUT2D eigenvalue weighted by Crippen LogP contribution is 2.32. The number of halogens is 1. The molecule has 2 heterocycles.